The fourth-order valence-electron chi connectivity index (χ4n) is 1.67. The number of nitrogens with zero attached hydrogens (tertiary/aromatic N) is 4. The maximum atomic E-state index is 4.48. The van der Waals surface area contributed by atoms with Crippen LogP contribution < -0.4 is 5.32 Å². The van der Waals surface area contributed by atoms with Crippen LogP contribution in [-0.2, 0) is 18.5 Å². The summed E-state index contributed by atoms with van der Waals surface area (Å²) >= 11 is 1.79. The predicted molar refractivity (Wildman–Crippen MR) is 77.2 cm³/mol. The second-order valence-corrected chi connectivity index (χ2v) is 6.69. The average Bonchev–Trinajstić information content (AvgIpc) is 2.97. The summed E-state index contributed by atoms with van der Waals surface area (Å²) in [5.41, 5.74) is 0.149. The van der Waals surface area contributed by atoms with Crippen molar-refractivity contribution in [2.45, 2.75) is 45.7 Å². The molecule has 0 aliphatic carbocycles. The summed E-state index contributed by atoms with van der Waals surface area (Å²) in [4.78, 5) is 5.78. The lowest BCUT2D eigenvalue weighted by Crippen LogP contribution is -2.16. The molecular weight excluding hydrogens is 258 g/mol. The Balaban J connectivity index is 1.67. The molecule has 1 N–H and O–H groups in total. The van der Waals surface area contributed by atoms with Crippen molar-refractivity contribution in [2.24, 2.45) is 0 Å². The highest BCUT2D eigenvalue weighted by molar-refractivity contribution is 7.11. The summed E-state index contributed by atoms with van der Waals surface area (Å²) in [6.45, 7) is 9.36. The summed E-state index contributed by atoms with van der Waals surface area (Å²) in [5.74, 6) is 0. The van der Waals surface area contributed by atoms with Crippen LogP contribution in [0.3, 0.4) is 0 Å². The van der Waals surface area contributed by atoms with Crippen molar-refractivity contribution in [1.29, 1.82) is 0 Å². The quantitative estimate of drug-likeness (QED) is 0.824. The molecule has 0 amide bonds. The number of hydrogen-bond donors (Lipinski definition) is 1. The van der Waals surface area contributed by atoms with Crippen LogP contribution in [0.5, 0.6) is 0 Å². The van der Waals surface area contributed by atoms with Crippen molar-refractivity contribution in [2.75, 3.05) is 6.54 Å². The standard InChI is InChI=1S/C13H21N5S/c1-13(2,3)12-15-10-11(19-12)9-14-5-4-7-18-8-6-16-17-18/h6,8,10,14H,4-5,7,9H2,1-3H3. The van der Waals surface area contributed by atoms with Gasteiger partial charge in [-0.1, -0.05) is 26.0 Å². The summed E-state index contributed by atoms with van der Waals surface area (Å²) in [5, 5.41) is 12.4. The Hall–Kier alpha value is -1.27. The zero-order valence-electron chi connectivity index (χ0n) is 11.8. The highest BCUT2D eigenvalue weighted by Crippen LogP contribution is 2.26. The molecule has 0 aliphatic heterocycles. The van der Waals surface area contributed by atoms with E-state index in [1.54, 1.807) is 17.5 Å². The van der Waals surface area contributed by atoms with E-state index in [0.717, 1.165) is 26.1 Å². The van der Waals surface area contributed by atoms with E-state index in [-0.39, 0.29) is 5.41 Å². The largest absolute Gasteiger partial charge is 0.312 e. The van der Waals surface area contributed by atoms with Gasteiger partial charge in [-0.05, 0) is 13.0 Å². The summed E-state index contributed by atoms with van der Waals surface area (Å²) in [6, 6.07) is 0. The van der Waals surface area contributed by atoms with E-state index < -0.39 is 0 Å². The predicted octanol–water partition coefficient (Wildman–Crippen LogP) is 2.21. The SMILES string of the molecule is CC(C)(C)c1ncc(CNCCCn2ccnn2)s1. The van der Waals surface area contributed by atoms with Crippen LogP contribution in [0.15, 0.2) is 18.6 Å². The molecule has 2 rings (SSSR count). The Kier molecular flexibility index (Phi) is 4.66. The first kappa shape index (κ1) is 14.1. The summed E-state index contributed by atoms with van der Waals surface area (Å²) < 4.78 is 1.85. The van der Waals surface area contributed by atoms with Gasteiger partial charge in [-0.2, -0.15) is 0 Å². The average molecular weight is 279 g/mol. The molecule has 104 valence electrons. The number of aromatic nitrogens is 4. The van der Waals surface area contributed by atoms with E-state index in [0.29, 0.717) is 0 Å². The van der Waals surface area contributed by atoms with Crippen LogP contribution in [0.2, 0.25) is 0 Å². The molecule has 2 aromatic rings. The minimum absolute atomic E-state index is 0.149. The second-order valence-electron chi connectivity index (χ2n) is 5.58. The summed E-state index contributed by atoms with van der Waals surface area (Å²) in [7, 11) is 0. The number of nitrogens with one attached hydrogen (secondary N) is 1. The van der Waals surface area contributed by atoms with Crippen LogP contribution in [0.1, 0.15) is 37.1 Å². The monoisotopic (exact) mass is 279 g/mol. The molecule has 0 aliphatic rings. The van der Waals surface area contributed by atoms with Crippen LogP contribution in [0.4, 0.5) is 0 Å². The zero-order valence-corrected chi connectivity index (χ0v) is 12.6. The number of thiazole rings is 1. The number of rotatable bonds is 6. The minimum Gasteiger partial charge on any atom is -0.312 e. The molecule has 0 saturated heterocycles. The molecule has 0 radical (unpaired) electrons. The highest BCUT2D eigenvalue weighted by atomic mass is 32.1. The van der Waals surface area contributed by atoms with Crippen LogP contribution in [0, 0.1) is 0 Å². The number of hydrogen-bond acceptors (Lipinski definition) is 5. The first-order valence-electron chi connectivity index (χ1n) is 6.56. The third-order valence-electron chi connectivity index (χ3n) is 2.71. The van der Waals surface area contributed by atoms with E-state index in [2.05, 4.69) is 41.4 Å². The van der Waals surface area contributed by atoms with Gasteiger partial charge in [0.1, 0.15) is 0 Å². The fourth-order valence-corrected chi connectivity index (χ4v) is 2.61. The minimum atomic E-state index is 0.149. The molecule has 0 unspecified atom stereocenters. The molecule has 0 fully saturated rings. The van der Waals surface area contributed by atoms with Crippen molar-refractivity contribution < 1.29 is 0 Å². The van der Waals surface area contributed by atoms with Gasteiger partial charge in [0.2, 0.25) is 0 Å². The van der Waals surface area contributed by atoms with Gasteiger partial charge in [0, 0.05) is 35.8 Å². The van der Waals surface area contributed by atoms with Crippen LogP contribution in [0.25, 0.3) is 0 Å². The molecule has 6 heteroatoms. The van der Waals surface area contributed by atoms with E-state index in [1.807, 2.05) is 17.1 Å². The smallest absolute Gasteiger partial charge is 0.0981 e. The Morgan fingerprint density at radius 1 is 1.37 bits per heavy atom. The topological polar surface area (TPSA) is 55.6 Å². The second kappa shape index (κ2) is 6.25. The van der Waals surface area contributed by atoms with Gasteiger partial charge in [0.05, 0.1) is 11.2 Å². The Morgan fingerprint density at radius 3 is 2.84 bits per heavy atom. The molecule has 5 nitrogen and oxygen atoms in total. The van der Waals surface area contributed by atoms with Gasteiger partial charge >= 0.3 is 0 Å². The Labute approximate surface area is 118 Å². The van der Waals surface area contributed by atoms with E-state index in [1.165, 1.54) is 9.88 Å². The normalized spacial score (nSPS) is 11.9. The van der Waals surface area contributed by atoms with E-state index in [4.69, 9.17) is 0 Å². The lowest BCUT2D eigenvalue weighted by molar-refractivity contribution is 0.531. The van der Waals surface area contributed by atoms with Gasteiger partial charge in [0.15, 0.2) is 0 Å². The Morgan fingerprint density at radius 2 is 2.21 bits per heavy atom. The zero-order chi connectivity index (χ0) is 13.7. The summed E-state index contributed by atoms with van der Waals surface area (Å²) in [6.07, 6.45) is 6.63. The first-order valence-corrected chi connectivity index (χ1v) is 7.37. The highest BCUT2D eigenvalue weighted by Gasteiger charge is 2.17. The first-order chi connectivity index (χ1) is 9.05. The fraction of sp³-hybridized carbons (Fsp3) is 0.615. The van der Waals surface area contributed by atoms with Gasteiger partial charge < -0.3 is 5.32 Å². The van der Waals surface area contributed by atoms with Crippen molar-refractivity contribution in [3.05, 3.63) is 28.5 Å². The maximum Gasteiger partial charge on any atom is 0.0981 e. The van der Waals surface area contributed by atoms with Gasteiger partial charge in [-0.25, -0.2) is 4.98 Å². The Bertz CT molecular complexity index is 483. The van der Waals surface area contributed by atoms with E-state index in [9.17, 15) is 0 Å². The lowest BCUT2D eigenvalue weighted by Gasteiger charge is -2.13. The van der Waals surface area contributed by atoms with Crippen LogP contribution in [-0.4, -0.2) is 26.5 Å². The van der Waals surface area contributed by atoms with Gasteiger partial charge in [0.25, 0.3) is 0 Å². The number of aryl methyl sites for hydroxylation is 1. The molecule has 0 bridgehead atoms. The van der Waals surface area contributed by atoms with E-state index >= 15 is 0 Å². The van der Waals surface area contributed by atoms with Gasteiger partial charge in [-0.15, -0.1) is 16.4 Å². The molecule has 2 aromatic heterocycles. The third kappa shape index (κ3) is 4.40. The molecule has 0 atom stereocenters. The molecule has 19 heavy (non-hydrogen) atoms. The molecular formula is C13H21N5S. The maximum absolute atomic E-state index is 4.48. The van der Waals surface area contributed by atoms with Crippen LogP contribution >= 0.6 is 11.3 Å². The third-order valence-corrected chi connectivity index (χ3v) is 4.13. The molecule has 0 aromatic carbocycles. The molecule has 2 heterocycles. The van der Waals surface area contributed by atoms with Gasteiger partial charge in [-0.3, -0.25) is 4.68 Å². The molecule has 0 spiro atoms. The van der Waals surface area contributed by atoms with Crippen molar-refractivity contribution in [1.82, 2.24) is 25.3 Å². The lowest BCUT2D eigenvalue weighted by atomic mass is 9.98. The van der Waals surface area contributed by atoms with Crippen molar-refractivity contribution >= 4 is 11.3 Å². The van der Waals surface area contributed by atoms with Crippen molar-refractivity contribution in [3.8, 4) is 0 Å². The molecule has 0 saturated carbocycles. The van der Waals surface area contributed by atoms with Crippen molar-refractivity contribution in [3.63, 3.8) is 0 Å².